The molecule has 2 aromatic rings. The molecule has 17 heavy (non-hydrogen) atoms. The van der Waals surface area contributed by atoms with Crippen LogP contribution < -0.4 is 0 Å². The van der Waals surface area contributed by atoms with Gasteiger partial charge in [-0.1, -0.05) is 24.3 Å². The van der Waals surface area contributed by atoms with E-state index in [0.29, 0.717) is 12.2 Å². The second-order valence-corrected chi connectivity index (χ2v) is 4.64. The second-order valence-electron chi connectivity index (χ2n) is 4.64. The Morgan fingerprint density at radius 3 is 2.88 bits per heavy atom. The standard InChI is InChI=1S/C15H15NO/c17-15-6-5-12-3-1-2-4-13(12)14(15)9-11-7-8-16-10-11/h1-4,7-8,10,14,16H,5-6,9H2. The molecule has 2 nitrogen and oxygen atoms in total. The number of benzene rings is 1. The summed E-state index contributed by atoms with van der Waals surface area (Å²) >= 11 is 0. The van der Waals surface area contributed by atoms with Crippen LogP contribution in [0.5, 0.6) is 0 Å². The van der Waals surface area contributed by atoms with E-state index in [4.69, 9.17) is 0 Å². The number of hydrogen-bond acceptors (Lipinski definition) is 1. The van der Waals surface area contributed by atoms with Crippen molar-refractivity contribution >= 4 is 5.78 Å². The molecule has 1 aromatic carbocycles. The number of fused-ring (bicyclic) bond motifs is 1. The minimum atomic E-state index is 0.0516. The maximum Gasteiger partial charge on any atom is 0.141 e. The number of Topliss-reactive ketones (excluding diaryl/α,β-unsaturated/α-hetero) is 1. The van der Waals surface area contributed by atoms with Crippen molar-refractivity contribution in [2.24, 2.45) is 0 Å². The van der Waals surface area contributed by atoms with Crippen molar-refractivity contribution in [3.8, 4) is 0 Å². The first-order valence-electron chi connectivity index (χ1n) is 6.07. The maximum atomic E-state index is 12.1. The van der Waals surface area contributed by atoms with Gasteiger partial charge in [-0.3, -0.25) is 4.79 Å². The van der Waals surface area contributed by atoms with E-state index in [0.717, 1.165) is 12.8 Å². The average Bonchev–Trinajstić information content (AvgIpc) is 2.86. The first kappa shape index (κ1) is 10.3. The third-order valence-electron chi connectivity index (χ3n) is 3.56. The quantitative estimate of drug-likeness (QED) is 0.837. The lowest BCUT2D eigenvalue weighted by atomic mass is 9.79. The highest BCUT2D eigenvalue weighted by atomic mass is 16.1. The van der Waals surface area contributed by atoms with Gasteiger partial charge in [0.2, 0.25) is 0 Å². The third-order valence-corrected chi connectivity index (χ3v) is 3.56. The Labute approximate surface area is 101 Å². The number of aryl methyl sites for hydroxylation is 1. The summed E-state index contributed by atoms with van der Waals surface area (Å²) in [4.78, 5) is 15.1. The molecule has 0 bridgehead atoms. The fraction of sp³-hybridized carbons (Fsp3) is 0.267. The van der Waals surface area contributed by atoms with Gasteiger partial charge in [0.15, 0.2) is 0 Å². The van der Waals surface area contributed by atoms with Gasteiger partial charge in [0.1, 0.15) is 5.78 Å². The molecule has 1 heterocycles. The molecule has 1 aliphatic carbocycles. The van der Waals surface area contributed by atoms with Gasteiger partial charge >= 0.3 is 0 Å². The molecule has 0 saturated heterocycles. The maximum absolute atomic E-state index is 12.1. The number of hydrogen-bond donors (Lipinski definition) is 1. The minimum Gasteiger partial charge on any atom is -0.367 e. The van der Waals surface area contributed by atoms with Crippen molar-refractivity contribution < 1.29 is 4.79 Å². The van der Waals surface area contributed by atoms with Gasteiger partial charge in [-0.2, -0.15) is 0 Å². The zero-order valence-electron chi connectivity index (χ0n) is 9.65. The van der Waals surface area contributed by atoms with Crippen molar-refractivity contribution in [1.29, 1.82) is 0 Å². The van der Waals surface area contributed by atoms with Crippen LogP contribution in [0.25, 0.3) is 0 Å². The summed E-state index contributed by atoms with van der Waals surface area (Å²) < 4.78 is 0. The monoisotopic (exact) mass is 225 g/mol. The van der Waals surface area contributed by atoms with Crippen molar-refractivity contribution in [3.63, 3.8) is 0 Å². The Balaban J connectivity index is 1.95. The van der Waals surface area contributed by atoms with Crippen LogP contribution in [0.4, 0.5) is 0 Å². The lowest BCUT2D eigenvalue weighted by Crippen LogP contribution is -2.22. The molecular weight excluding hydrogens is 210 g/mol. The summed E-state index contributed by atoms with van der Waals surface area (Å²) in [6, 6.07) is 10.4. The fourth-order valence-electron chi connectivity index (χ4n) is 2.65. The predicted octanol–water partition coefficient (Wildman–Crippen LogP) is 2.86. The van der Waals surface area contributed by atoms with E-state index in [1.165, 1.54) is 16.7 Å². The van der Waals surface area contributed by atoms with E-state index in [1.54, 1.807) is 0 Å². The highest BCUT2D eigenvalue weighted by molar-refractivity contribution is 5.88. The lowest BCUT2D eigenvalue weighted by molar-refractivity contribution is -0.120. The van der Waals surface area contributed by atoms with E-state index >= 15 is 0 Å². The summed E-state index contributed by atoms with van der Waals surface area (Å²) in [6.45, 7) is 0. The molecule has 1 unspecified atom stereocenters. The molecule has 0 spiro atoms. The topological polar surface area (TPSA) is 32.9 Å². The summed E-state index contributed by atoms with van der Waals surface area (Å²) in [7, 11) is 0. The van der Waals surface area contributed by atoms with Crippen LogP contribution in [-0.4, -0.2) is 10.8 Å². The van der Waals surface area contributed by atoms with Crippen LogP contribution >= 0.6 is 0 Å². The Bertz CT molecular complexity index is 528. The molecule has 1 aliphatic rings. The smallest absolute Gasteiger partial charge is 0.141 e. The van der Waals surface area contributed by atoms with Gasteiger partial charge in [0, 0.05) is 24.7 Å². The molecule has 1 atom stereocenters. The summed E-state index contributed by atoms with van der Waals surface area (Å²) in [6.07, 6.45) is 6.29. The largest absolute Gasteiger partial charge is 0.367 e. The Morgan fingerprint density at radius 2 is 2.06 bits per heavy atom. The zero-order valence-corrected chi connectivity index (χ0v) is 9.65. The van der Waals surface area contributed by atoms with Crippen LogP contribution in [0.3, 0.4) is 0 Å². The molecule has 0 saturated carbocycles. The average molecular weight is 225 g/mol. The highest BCUT2D eigenvalue weighted by Gasteiger charge is 2.27. The van der Waals surface area contributed by atoms with Gasteiger partial charge in [-0.15, -0.1) is 0 Å². The van der Waals surface area contributed by atoms with E-state index in [2.05, 4.69) is 23.2 Å². The van der Waals surface area contributed by atoms with Crippen LogP contribution in [-0.2, 0) is 17.6 Å². The summed E-state index contributed by atoms with van der Waals surface area (Å²) in [5.74, 6) is 0.431. The number of aromatic amines is 1. The highest BCUT2D eigenvalue weighted by Crippen LogP contribution is 2.31. The number of H-pyrrole nitrogens is 1. The molecule has 1 N–H and O–H groups in total. The normalized spacial score (nSPS) is 19.1. The van der Waals surface area contributed by atoms with Crippen LogP contribution in [0.15, 0.2) is 42.7 Å². The van der Waals surface area contributed by atoms with Crippen molar-refractivity contribution in [1.82, 2.24) is 4.98 Å². The van der Waals surface area contributed by atoms with Crippen LogP contribution in [0, 0.1) is 0 Å². The Morgan fingerprint density at radius 1 is 1.18 bits per heavy atom. The predicted molar refractivity (Wildman–Crippen MR) is 67.0 cm³/mol. The van der Waals surface area contributed by atoms with Crippen LogP contribution in [0.1, 0.15) is 29.0 Å². The van der Waals surface area contributed by atoms with Crippen molar-refractivity contribution in [2.75, 3.05) is 0 Å². The Hall–Kier alpha value is -1.83. The van der Waals surface area contributed by atoms with E-state index in [-0.39, 0.29) is 5.92 Å². The van der Waals surface area contributed by atoms with Gasteiger partial charge in [-0.05, 0) is 35.6 Å². The summed E-state index contributed by atoms with van der Waals surface area (Å²) in [5.41, 5.74) is 3.78. The molecule has 2 heteroatoms. The van der Waals surface area contributed by atoms with E-state index < -0.39 is 0 Å². The molecule has 0 aliphatic heterocycles. The molecule has 1 aromatic heterocycles. The summed E-state index contributed by atoms with van der Waals surface area (Å²) in [5, 5.41) is 0. The molecule has 0 fully saturated rings. The van der Waals surface area contributed by atoms with Gasteiger partial charge in [0.25, 0.3) is 0 Å². The third kappa shape index (κ3) is 1.91. The van der Waals surface area contributed by atoms with Gasteiger partial charge < -0.3 is 4.98 Å². The second kappa shape index (κ2) is 4.21. The number of nitrogens with one attached hydrogen (secondary N) is 1. The number of aromatic nitrogens is 1. The van der Waals surface area contributed by atoms with E-state index in [1.807, 2.05) is 24.5 Å². The number of carbonyl (C=O) groups is 1. The SMILES string of the molecule is O=C1CCc2ccccc2C1Cc1cc[nH]c1. The first-order chi connectivity index (χ1) is 8.34. The molecule has 0 amide bonds. The molecule has 0 radical (unpaired) electrons. The van der Waals surface area contributed by atoms with Crippen molar-refractivity contribution in [3.05, 3.63) is 59.4 Å². The number of ketones is 1. The zero-order chi connectivity index (χ0) is 11.7. The fourth-order valence-corrected chi connectivity index (χ4v) is 2.65. The van der Waals surface area contributed by atoms with Crippen LogP contribution in [0.2, 0.25) is 0 Å². The number of rotatable bonds is 2. The van der Waals surface area contributed by atoms with Crippen molar-refractivity contribution in [2.45, 2.75) is 25.2 Å². The van der Waals surface area contributed by atoms with Gasteiger partial charge in [-0.25, -0.2) is 0 Å². The van der Waals surface area contributed by atoms with E-state index in [9.17, 15) is 4.79 Å². The molecule has 86 valence electrons. The van der Waals surface area contributed by atoms with Gasteiger partial charge in [0.05, 0.1) is 0 Å². The minimum absolute atomic E-state index is 0.0516. The molecular formula is C15H15NO. The number of carbonyl (C=O) groups excluding carboxylic acids is 1. The molecule has 3 rings (SSSR count). The Kier molecular flexibility index (Phi) is 2.56. The first-order valence-corrected chi connectivity index (χ1v) is 6.07. The lowest BCUT2D eigenvalue weighted by Gasteiger charge is -2.24.